The third-order valence-electron chi connectivity index (χ3n) is 3.52. The second kappa shape index (κ2) is 5.31. The maximum atomic E-state index is 9.57. The molecule has 0 saturated carbocycles. The zero-order valence-corrected chi connectivity index (χ0v) is 9.89. The van der Waals surface area contributed by atoms with Gasteiger partial charge in [0.15, 0.2) is 0 Å². The Morgan fingerprint density at radius 2 is 2.06 bits per heavy atom. The third kappa shape index (κ3) is 2.19. The number of fused-ring (bicyclic) bond motifs is 1. The van der Waals surface area contributed by atoms with E-state index in [9.17, 15) is 5.11 Å². The monoisotopic (exact) mass is 216 g/mol. The Labute approximate surface area is 97.8 Å². The van der Waals surface area contributed by atoms with E-state index in [1.807, 2.05) is 0 Å². The van der Waals surface area contributed by atoms with Crippen LogP contribution in [-0.2, 0) is 0 Å². The summed E-state index contributed by atoms with van der Waals surface area (Å²) < 4.78 is 0. The van der Waals surface area contributed by atoms with Crippen molar-refractivity contribution in [3.63, 3.8) is 0 Å². The van der Waals surface area contributed by atoms with Crippen LogP contribution in [0, 0.1) is 5.92 Å². The summed E-state index contributed by atoms with van der Waals surface area (Å²) in [5.74, 6) is 0.813. The summed E-state index contributed by atoms with van der Waals surface area (Å²) in [6.07, 6.45) is 8.14. The van der Waals surface area contributed by atoms with E-state index in [4.69, 9.17) is 0 Å². The van der Waals surface area contributed by atoms with E-state index in [2.05, 4.69) is 43.3 Å². The number of aliphatic hydroxyl groups is 1. The summed E-state index contributed by atoms with van der Waals surface area (Å²) in [7, 11) is 0. The molecule has 0 radical (unpaired) electrons. The molecule has 0 saturated heterocycles. The fraction of sp³-hybridized carbons (Fsp3) is 0.467. The van der Waals surface area contributed by atoms with Gasteiger partial charge in [0.25, 0.3) is 0 Å². The lowest BCUT2D eigenvalue weighted by Crippen LogP contribution is -2.18. The van der Waals surface area contributed by atoms with E-state index in [0.717, 1.165) is 0 Å². The van der Waals surface area contributed by atoms with Gasteiger partial charge in [-0.05, 0) is 23.5 Å². The second-order valence-electron chi connectivity index (χ2n) is 4.58. The Bertz CT molecular complexity index is 367. The molecule has 0 unspecified atom stereocenters. The summed E-state index contributed by atoms with van der Waals surface area (Å²) in [4.78, 5) is 0. The minimum atomic E-state index is 0.260. The van der Waals surface area contributed by atoms with E-state index in [-0.39, 0.29) is 6.61 Å². The third-order valence-corrected chi connectivity index (χ3v) is 3.52. The molecule has 16 heavy (non-hydrogen) atoms. The van der Waals surface area contributed by atoms with Gasteiger partial charge in [0.05, 0.1) is 6.61 Å². The molecule has 0 heterocycles. The first-order valence-corrected chi connectivity index (χ1v) is 6.24. The van der Waals surface area contributed by atoms with Crippen LogP contribution in [0.4, 0.5) is 0 Å². The summed E-state index contributed by atoms with van der Waals surface area (Å²) in [5.41, 5.74) is 2.59. The normalized spacial score (nSPS) is 23.1. The predicted octanol–water partition coefficient (Wildman–Crippen LogP) is 3.60. The summed E-state index contributed by atoms with van der Waals surface area (Å²) in [6.45, 7) is 2.48. The van der Waals surface area contributed by atoms with Crippen molar-refractivity contribution < 1.29 is 5.11 Å². The Morgan fingerprint density at radius 1 is 1.25 bits per heavy atom. The van der Waals surface area contributed by atoms with Crippen molar-refractivity contribution in [2.75, 3.05) is 6.61 Å². The van der Waals surface area contributed by atoms with Crippen LogP contribution >= 0.6 is 0 Å². The van der Waals surface area contributed by atoms with Crippen LogP contribution in [0.15, 0.2) is 30.3 Å². The number of benzene rings is 1. The van der Waals surface area contributed by atoms with Crippen molar-refractivity contribution in [3.8, 4) is 0 Å². The Balaban J connectivity index is 2.22. The van der Waals surface area contributed by atoms with E-state index in [1.165, 1.54) is 30.4 Å². The molecule has 86 valence electrons. The minimum Gasteiger partial charge on any atom is -0.396 e. The zero-order valence-electron chi connectivity index (χ0n) is 9.89. The maximum absolute atomic E-state index is 9.57. The lowest BCUT2D eigenvalue weighted by molar-refractivity contribution is 0.234. The zero-order chi connectivity index (χ0) is 11.4. The number of hydrogen-bond donors (Lipinski definition) is 1. The summed E-state index contributed by atoms with van der Waals surface area (Å²) in [6, 6.07) is 8.41. The Hall–Kier alpha value is -1.08. The van der Waals surface area contributed by atoms with Gasteiger partial charge in [-0.1, -0.05) is 56.2 Å². The summed E-state index contributed by atoms with van der Waals surface area (Å²) in [5, 5.41) is 9.57. The van der Waals surface area contributed by atoms with Crippen LogP contribution in [0.2, 0.25) is 0 Å². The molecule has 2 rings (SSSR count). The fourth-order valence-corrected chi connectivity index (χ4v) is 2.56. The fourth-order valence-electron chi connectivity index (χ4n) is 2.56. The van der Waals surface area contributed by atoms with Crippen LogP contribution in [-0.4, -0.2) is 11.7 Å². The highest BCUT2D eigenvalue weighted by Gasteiger charge is 2.24. The van der Waals surface area contributed by atoms with Crippen LogP contribution in [0.1, 0.15) is 43.2 Å². The lowest BCUT2D eigenvalue weighted by Gasteiger charge is -2.28. The first-order valence-electron chi connectivity index (χ1n) is 6.24. The van der Waals surface area contributed by atoms with Gasteiger partial charge in [-0.15, -0.1) is 0 Å². The van der Waals surface area contributed by atoms with Gasteiger partial charge < -0.3 is 5.11 Å². The maximum Gasteiger partial charge on any atom is 0.0505 e. The van der Waals surface area contributed by atoms with E-state index < -0.39 is 0 Å². The van der Waals surface area contributed by atoms with Crippen molar-refractivity contribution in [1.29, 1.82) is 0 Å². The molecular formula is C15H20O. The van der Waals surface area contributed by atoms with E-state index in [0.29, 0.717) is 11.8 Å². The number of rotatable bonds is 4. The first kappa shape index (κ1) is 11.4. The predicted molar refractivity (Wildman–Crippen MR) is 68.3 cm³/mol. The molecule has 1 aromatic rings. The topological polar surface area (TPSA) is 20.2 Å². The van der Waals surface area contributed by atoms with Crippen LogP contribution < -0.4 is 0 Å². The van der Waals surface area contributed by atoms with Crippen LogP contribution in [0.5, 0.6) is 0 Å². The van der Waals surface area contributed by atoms with E-state index >= 15 is 0 Å². The second-order valence-corrected chi connectivity index (χ2v) is 4.58. The van der Waals surface area contributed by atoms with Crippen molar-refractivity contribution in [2.24, 2.45) is 5.92 Å². The molecule has 0 bridgehead atoms. The first-order chi connectivity index (χ1) is 7.86. The highest BCUT2D eigenvalue weighted by molar-refractivity contribution is 5.58. The molecule has 1 nitrogen and oxygen atoms in total. The molecular weight excluding hydrogens is 196 g/mol. The average molecular weight is 216 g/mol. The highest BCUT2D eigenvalue weighted by Crippen LogP contribution is 2.36. The molecule has 2 atom stereocenters. The summed E-state index contributed by atoms with van der Waals surface area (Å²) >= 11 is 0. The quantitative estimate of drug-likeness (QED) is 0.815. The van der Waals surface area contributed by atoms with Crippen molar-refractivity contribution in [2.45, 2.75) is 32.1 Å². The molecule has 0 aromatic heterocycles. The number of aliphatic hydroxyl groups excluding tert-OH is 1. The van der Waals surface area contributed by atoms with E-state index in [1.54, 1.807) is 0 Å². The molecule has 1 aliphatic carbocycles. The van der Waals surface area contributed by atoms with Crippen LogP contribution in [0.25, 0.3) is 6.08 Å². The molecule has 1 aromatic carbocycles. The van der Waals surface area contributed by atoms with Crippen molar-refractivity contribution in [1.82, 2.24) is 0 Å². The molecule has 0 fully saturated rings. The van der Waals surface area contributed by atoms with Gasteiger partial charge in [-0.25, -0.2) is 0 Å². The van der Waals surface area contributed by atoms with Crippen molar-refractivity contribution >= 4 is 6.08 Å². The number of unbranched alkanes of at least 4 members (excludes halogenated alkanes) is 1. The van der Waals surface area contributed by atoms with Gasteiger partial charge in [0.2, 0.25) is 0 Å². The molecule has 1 N–H and O–H groups in total. The Morgan fingerprint density at radius 3 is 2.81 bits per heavy atom. The average Bonchev–Trinajstić information content (AvgIpc) is 2.35. The Kier molecular flexibility index (Phi) is 3.79. The highest BCUT2D eigenvalue weighted by atomic mass is 16.3. The molecule has 0 aliphatic heterocycles. The minimum absolute atomic E-state index is 0.260. The molecule has 1 heteroatoms. The standard InChI is InChI=1S/C15H20O/c1-2-3-6-13-10-9-12-7-4-5-8-14(12)15(13)11-16/h4-5,7-10,13,15-16H,2-3,6,11H2,1H3/t13-,15+/m0/s1. The van der Waals surface area contributed by atoms with Gasteiger partial charge in [-0.3, -0.25) is 0 Å². The van der Waals surface area contributed by atoms with Gasteiger partial charge in [-0.2, -0.15) is 0 Å². The van der Waals surface area contributed by atoms with Gasteiger partial charge in [0.1, 0.15) is 0 Å². The molecule has 0 spiro atoms. The SMILES string of the molecule is CCCC[C@H]1C=Cc2ccccc2[C@@H]1CO. The molecule has 0 amide bonds. The molecule has 1 aliphatic rings. The van der Waals surface area contributed by atoms with Gasteiger partial charge in [0, 0.05) is 5.92 Å². The largest absolute Gasteiger partial charge is 0.396 e. The van der Waals surface area contributed by atoms with Gasteiger partial charge >= 0.3 is 0 Å². The lowest BCUT2D eigenvalue weighted by atomic mass is 9.77. The van der Waals surface area contributed by atoms with Crippen molar-refractivity contribution in [3.05, 3.63) is 41.5 Å². The number of allylic oxidation sites excluding steroid dienone is 1. The smallest absolute Gasteiger partial charge is 0.0505 e. The number of hydrogen-bond acceptors (Lipinski definition) is 1. The van der Waals surface area contributed by atoms with Crippen LogP contribution in [0.3, 0.4) is 0 Å².